The van der Waals surface area contributed by atoms with Gasteiger partial charge in [0.05, 0.1) is 6.61 Å². The summed E-state index contributed by atoms with van der Waals surface area (Å²) in [4.78, 5) is 14.4. The van der Waals surface area contributed by atoms with Gasteiger partial charge in [-0.25, -0.2) is 0 Å². The largest absolute Gasteiger partial charge is 0.492 e. The van der Waals surface area contributed by atoms with Crippen molar-refractivity contribution in [1.82, 2.24) is 4.98 Å². The Hall–Kier alpha value is -2.75. The highest BCUT2D eigenvalue weighted by Crippen LogP contribution is 2.36. The Bertz CT molecular complexity index is 953. The zero-order chi connectivity index (χ0) is 19.3. The average Bonchev–Trinajstić information content (AvgIpc) is 3.19. The molecule has 0 atom stereocenters. The molecule has 1 aliphatic rings. The number of H-pyrrole nitrogens is 1. The van der Waals surface area contributed by atoms with Gasteiger partial charge in [-0.05, 0) is 53.8 Å². The second-order valence-corrected chi connectivity index (χ2v) is 7.78. The van der Waals surface area contributed by atoms with Crippen LogP contribution in [0.4, 0.5) is 0 Å². The van der Waals surface area contributed by atoms with Crippen molar-refractivity contribution in [1.29, 1.82) is 0 Å². The fraction of sp³-hybridized carbons (Fsp3) is 0.375. The van der Waals surface area contributed by atoms with E-state index in [0.717, 1.165) is 28.0 Å². The third-order valence-corrected chi connectivity index (χ3v) is 5.76. The molecule has 0 bridgehead atoms. The van der Waals surface area contributed by atoms with Crippen LogP contribution in [0, 0.1) is 5.92 Å². The van der Waals surface area contributed by atoms with Gasteiger partial charge >= 0.3 is 5.97 Å². The van der Waals surface area contributed by atoms with Crippen molar-refractivity contribution in [3.8, 4) is 16.9 Å². The van der Waals surface area contributed by atoms with Gasteiger partial charge < -0.3 is 14.8 Å². The number of aliphatic carboxylic acids is 1. The van der Waals surface area contributed by atoms with Crippen molar-refractivity contribution >= 4 is 16.9 Å². The third kappa shape index (κ3) is 4.22. The smallest absolute Gasteiger partial charge is 0.303 e. The second-order valence-electron chi connectivity index (χ2n) is 7.78. The number of rotatable bonds is 7. The monoisotopic (exact) mass is 377 g/mol. The van der Waals surface area contributed by atoms with Crippen LogP contribution in [-0.4, -0.2) is 22.7 Å². The molecule has 3 aromatic rings. The number of hydrogen-bond donors (Lipinski definition) is 2. The van der Waals surface area contributed by atoms with Crippen molar-refractivity contribution in [3.63, 3.8) is 0 Å². The minimum absolute atomic E-state index is 0.110. The lowest BCUT2D eigenvalue weighted by Crippen LogP contribution is -2.16. The first kappa shape index (κ1) is 18.6. The van der Waals surface area contributed by atoms with E-state index in [2.05, 4.69) is 35.3 Å². The van der Waals surface area contributed by atoms with Crippen LogP contribution < -0.4 is 4.74 Å². The van der Waals surface area contributed by atoms with Crippen LogP contribution in [0.25, 0.3) is 22.0 Å². The molecular weight excluding hydrogens is 350 g/mol. The Morgan fingerprint density at radius 1 is 1.11 bits per heavy atom. The van der Waals surface area contributed by atoms with E-state index >= 15 is 0 Å². The molecule has 0 radical (unpaired) electrons. The SMILES string of the molecule is O=C(O)CCc1cccc(-c2ccc3cc[nH]c3c2)c1OCC1CCCCC1. The lowest BCUT2D eigenvalue weighted by molar-refractivity contribution is -0.136. The van der Waals surface area contributed by atoms with Gasteiger partial charge in [-0.1, -0.05) is 49.6 Å². The van der Waals surface area contributed by atoms with Gasteiger partial charge in [0.1, 0.15) is 5.75 Å². The van der Waals surface area contributed by atoms with E-state index in [4.69, 9.17) is 9.84 Å². The summed E-state index contributed by atoms with van der Waals surface area (Å²) >= 11 is 0. The Labute approximate surface area is 165 Å². The molecule has 1 aromatic heterocycles. The fourth-order valence-corrected chi connectivity index (χ4v) is 4.19. The molecule has 0 amide bonds. The highest BCUT2D eigenvalue weighted by atomic mass is 16.5. The van der Waals surface area contributed by atoms with Crippen LogP contribution in [-0.2, 0) is 11.2 Å². The van der Waals surface area contributed by atoms with Crippen molar-refractivity contribution in [3.05, 3.63) is 54.2 Å². The maximum atomic E-state index is 11.1. The van der Waals surface area contributed by atoms with Gasteiger partial charge in [-0.2, -0.15) is 0 Å². The lowest BCUT2D eigenvalue weighted by atomic mass is 9.90. The Morgan fingerprint density at radius 3 is 2.79 bits per heavy atom. The maximum absolute atomic E-state index is 11.1. The number of para-hydroxylation sites is 1. The Morgan fingerprint density at radius 2 is 1.96 bits per heavy atom. The molecule has 1 fully saturated rings. The molecule has 4 heteroatoms. The van der Waals surface area contributed by atoms with E-state index in [9.17, 15) is 4.79 Å². The fourth-order valence-electron chi connectivity index (χ4n) is 4.19. The number of carboxylic acids is 1. The van der Waals surface area contributed by atoms with E-state index in [1.807, 2.05) is 18.3 Å². The van der Waals surface area contributed by atoms with Crippen LogP contribution in [0.2, 0.25) is 0 Å². The van der Waals surface area contributed by atoms with Gasteiger partial charge in [0, 0.05) is 23.7 Å². The zero-order valence-electron chi connectivity index (χ0n) is 16.1. The number of carbonyl (C=O) groups is 1. The third-order valence-electron chi connectivity index (χ3n) is 5.76. The normalized spacial score (nSPS) is 15.0. The summed E-state index contributed by atoms with van der Waals surface area (Å²) in [6.45, 7) is 0.710. The van der Waals surface area contributed by atoms with Crippen LogP contribution >= 0.6 is 0 Å². The molecule has 1 saturated carbocycles. The van der Waals surface area contributed by atoms with Gasteiger partial charge in [0.25, 0.3) is 0 Å². The molecule has 0 unspecified atom stereocenters. The predicted octanol–water partition coefficient (Wildman–Crippen LogP) is 5.81. The average molecular weight is 377 g/mol. The van der Waals surface area contributed by atoms with Gasteiger partial charge in [0.2, 0.25) is 0 Å². The first-order chi connectivity index (χ1) is 13.7. The van der Waals surface area contributed by atoms with Crippen molar-refractivity contribution in [2.75, 3.05) is 6.61 Å². The van der Waals surface area contributed by atoms with Gasteiger partial charge in [0.15, 0.2) is 0 Å². The predicted molar refractivity (Wildman–Crippen MR) is 112 cm³/mol. The van der Waals surface area contributed by atoms with Crippen LogP contribution in [0.15, 0.2) is 48.7 Å². The first-order valence-corrected chi connectivity index (χ1v) is 10.2. The van der Waals surface area contributed by atoms with Gasteiger partial charge in [-0.15, -0.1) is 0 Å². The number of aryl methyl sites for hydroxylation is 1. The molecule has 0 spiro atoms. The molecule has 4 nitrogen and oxygen atoms in total. The van der Waals surface area contributed by atoms with E-state index in [-0.39, 0.29) is 6.42 Å². The quantitative estimate of drug-likeness (QED) is 0.546. The number of carboxylic acid groups (broad SMARTS) is 1. The number of benzene rings is 2. The Balaban J connectivity index is 1.66. The molecule has 1 heterocycles. The minimum atomic E-state index is -0.781. The topological polar surface area (TPSA) is 62.3 Å². The summed E-state index contributed by atoms with van der Waals surface area (Å²) in [5, 5.41) is 10.3. The van der Waals surface area contributed by atoms with Crippen molar-refractivity contribution < 1.29 is 14.6 Å². The molecule has 2 N–H and O–H groups in total. The van der Waals surface area contributed by atoms with E-state index < -0.39 is 5.97 Å². The Kier molecular flexibility index (Phi) is 5.65. The summed E-state index contributed by atoms with van der Waals surface area (Å²) < 4.78 is 6.38. The number of hydrogen-bond acceptors (Lipinski definition) is 2. The number of ether oxygens (including phenoxy) is 1. The molecule has 1 aliphatic carbocycles. The van der Waals surface area contributed by atoms with E-state index in [1.54, 1.807) is 0 Å². The zero-order valence-corrected chi connectivity index (χ0v) is 16.1. The molecule has 4 rings (SSSR count). The maximum Gasteiger partial charge on any atom is 0.303 e. The molecule has 0 saturated heterocycles. The van der Waals surface area contributed by atoms with Crippen LogP contribution in [0.1, 0.15) is 44.1 Å². The minimum Gasteiger partial charge on any atom is -0.492 e. The summed E-state index contributed by atoms with van der Waals surface area (Å²) in [6.07, 6.45) is 8.87. The van der Waals surface area contributed by atoms with E-state index in [1.165, 1.54) is 37.5 Å². The summed E-state index contributed by atoms with van der Waals surface area (Å²) in [6, 6.07) is 14.5. The van der Waals surface area contributed by atoms with Crippen LogP contribution in [0.5, 0.6) is 5.75 Å². The summed E-state index contributed by atoms with van der Waals surface area (Å²) in [7, 11) is 0. The first-order valence-electron chi connectivity index (χ1n) is 10.2. The highest BCUT2D eigenvalue weighted by Gasteiger charge is 2.18. The molecule has 2 aromatic carbocycles. The second kappa shape index (κ2) is 8.51. The van der Waals surface area contributed by atoms with E-state index in [0.29, 0.717) is 18.9 Å². The number of aromatic amines is 1. The van der Waals surface area contributed by atoms with Gasteiger partial charge in [-0.3, -0.25) is 4.79 Å². The van der Waals surface area contributed by atoms with Crippen molar-refractivity contribution in [2.24, 2.45) is 5.92 Å². The number of fused-ring (bicyclic) bond motifs is 1. The van der Waals surface area contributed by atoms with Crippen LogP contribution in [0.3, 0.4) is 0 Å². The molecule has 0 aliphatic heterocycles. The number of aromatic nitrogens is 1. The highest BCUT2D eigenvalue weighted by molar-refractivity contribution is 5.86. The molecule has 28 heavy (non-hydrogen) atoms. The number of nitrogens with one attached hydrogen (secondary N) is 1. The lowest BCUT2D eigenvalue weighted by Gasteiger charge is -2.24. The molecular formula is C24H27NO3. The standard InChI is InChI=1S/C24H27NO3/c26-23(27)12-11-19-7-4-8-21(20-10-9-18-13-14-25-22(18)15-20)24(19)28-16-17-5-2-1-3-6-17/h4,7-10,13-15,17,25H,1-3,5-6,11-12,16H2,(H,26,27). The molecule has 146 valence electrons. The summed E-state index contributed by atoms with van der Waals surface area (Å²) in [5.74, 6) is 0.664. The van der Waals surface area contributed by atoms with Crippen molar-refractivity contribution in [2.45, 2.75) is 44.9 Å². The summed E-state index contributed by atoms with van der Waals surface area (Å²) in [5.41, 5.74) is 4.19.